The largest absolute Gasteiger partial charge is 0.396 e. The van der Waals surface area contributed by atoms with Gasteiger partial charge in [-0.1, -0.05) is 91.0 Å². The van der Waals surface area contributed by atoms with E-state index in [1.807, 2.05) is 91.0 Å². The molecular weight excluding hydrogens is 456 g/mol. The van der Waals surface area contributed by atoms with Crippen molar-refractivity contribution in [3.63, 3.8) is 0 Å². The van der Waals surface area contributed by atoms with Gasteiger partial charge >= 0.3 is 0 Å². The van der Waals surface area contributed by atoms with E-state index >= 15 is 0 Å². The van der Waals surface area contributed by atoms with E-state index in [1.165, 1.54) is 0 Å². The molecule has 6 atom stereocenters. The molecule has 36 heavy (non-hydrogen) atoms. The predicted octanol–water partition coefficient (Wildman–Crippen LogP) is 4.35. The van der Waals surface area contributed by atoms with E-state index in [1.54, 1.807) is 0 Å². The third kappa shape index (κ3) is 6.21. The van der Waals surface area contributed by atoms with E-state index in [-0.39, 0.29) is 36.8 Å². The van der Waals surface area contributed by atoms with Crippen molar-refractivity contribution in [2.45, 2.75) is 44.4 Å². The molecule has 2 heterocycles. The van der Waals surface area contributed by atoms with Gasteiger partial charge in [0.2, 0.25) is 0 Å². The Bertz CT molecular complexity index is 1030. The van der Waals surface area contributed by atoms with Crippen LogP contribution in [0.15, 0.2) is 91.0 Å². The molecule has 0 bridgehead atoms. The van der Waals surface area contributed by atoms with Gasteiger partial charge in [0.05, 0.1) is 39.1 Å². The Morgan fingerprint density at radius 1 is 0.694 bits per heavy atom. The van der Waals surface area contributed by atoms with Gasteiger partial charge in [-0.15, -0.1) is 0 Å². The van der Waals surface area contributed by atoms with Crippen molar-refractivity contribution >= 4 is 0 Å². The zero-order chi connectivity index (χ0) is 24.6. The first-order chi connectivity index (χ1) is 17.8. The van der Waals surface area contributed by atoms with Crippen molar-refractivity contribution in [1.29, 1.82) is 0 Å². The first-order valence-electron chi connectivity index (χ1n) is 12.6. The van der Waals surface area contributed by atoms with Crippen molar-refractivity contribution < 1.29 is 28.8 Å². The molecular formula is C30H34O6. The molecule has 6 nitrogen and oxygen atoms in total. The van der Waals surface area contributed by atoms with E-state index in [0.29, 0.717) is 33.0 Å². The number of benzene rings is 3. The molecule has 2 aliphatic heterocycles. The SMILES string of the molecule is OC[C@H]1CO[C@H]2O[C@H](COCc3ccccc3)[C@@H](OCc3ccccc3)[C@H](OCc3ccccc3)[C@@H]12. The summed E-state index contributed by atoms with van der Waals surface area (Å²) in [5.74, 6) is -0.213. The van der Waals surface area contributed by atoms with Crippen molar-refractivity contribution in [2.24, 2.45) is 11.8 Å². The fourth-order valence-corrected chi connectivity index (χ4v) is 5.01. The zero-order valence-electron chi connectivity index (χ0n) is 20.4. The third-order valence-corrected chi connectivity index (χ3v) is 6.91. The average Bonchev–Trinajstić information content (AvgIpc) is 3.35. The summed E-state index contributed by atoms with van der Waals surface area (Å²) in [5, 5.41) is 10.1. The fraction of sp³-hybridized carbons (Fsp3) is 0.400. The van der Waals surface area contributed by atoms with Crippen molar-refractivity contribution in [3.05, 3.63) is 108 Å². The first kappa shape index (κ1) is 25.1. The minimum atomic E-state index is -0.468. The maximum atomic E-state index is 10.1. The average molecular weight is 491 g/mol. The van der Waals surface area contributed by atoms with Gasteiger partial charge in [0.15, 0.2) is 6.29 Å². The molecule has 2 aliphatic rings. The predicted molar refractivity (Wildman–Crippen MR) is 135 cm³/mol. The lowest BCUT2D eigenvalue weighted by Crippen LogP contribution is -2.58. The van der Waals surface area contributed by atoms with Crippen LogP contribution in [-0.4, -0.2) is 49.5 Å². The number of ether oxygens (including phenoxy) is 5. The van der Waals surface area contributed by atoms with Gasteiger partial charge in [-0.25, -0.2) is 0 Å². The molecule has 3 aromatic rings. The fourth-order valence-electron chi connectivity index (χ4n) is 5.01. The number of aliphatic hydroxyl groups excluding tert-OH is 1. The standard InChI is InChI=1S/C30H34O6/c31-16-25-20-35-30-27(25)29(34-19-24-14-8-3-9-15-24)28(33-18-23-12-6-2-7-13-23)26(36-30)21-32-17-22-10-4-1-5-11-22/h1-15,25-31H,16-21H2/t25-,26+,27+,28+,29+,30-/m0/s1. The monoisotopic (exact) mass is 490 g/mol. The lowest BCUT2D eigenvalue weighted by Gasteiger charge is -2.44. The van der Waals surface area contributed by atoms with E-state index in [2.05, 4.69) is 0 Å². The van der Waals surface area contributed by atoms with Crippen LogP contribution in [0.25, 0.3) is 0 Å². The Kier molecular flexibility index (Phi) is 8.77. The highest BCUT2D eigenvalue weighted by atomic mass is 16.7. The summed E-state index contributed by atoms with van der Waals surface area (Å²) in [6.07, 6.45) is -1.55. The van der Waals surface area contributed by atoms with Crippen LogP contribution >= 0.6 is 0 Å². The topological polar surface area (TPSA) is 66.4 Å². The third-order valence-electron chi connectivity index (χ3n) is 6.91. The van der Waals surface area contributed by atoms with Crippen LogP contribution in [-0.2, 0) is 43.5 Å². The first-order valence-corrected chi connectivity index (χ1v) is 12.6. The second kappa shape index (κ2) is 12.6. The Morgan fingerprint density at radius 3 is 1.78 bits per heavy atom. The molecule has 0 aliphatic carbocycles. The molecule has 0 unspecified atom stereocenters. The summed E-state index contributed by atoms with van der Waals surface area (Å²) >= 11 is 0. The summed E-state index contributed by atoms with van der Waals surface area (Å²) in [5.41, 5.74) is 3.26. The van der Waals surface area contributed by atoms with Gasteiger partial charge in [-0.05, 0) is 16.7 Å². The van der Waals surface area contributed by atoms with E-state index < -0.39 is 6.29 Å². The molecule has 0 saturated carbocycles. The molecule has 0 radical (unpaired) electrons. The molecule has 2 fully saturated rings. The Labute approximate surface area is 212 Å². The maximum absolute atomic E-state index is 10.1. The molecule has 0 amide bonds. The summed E-state index contributed by atoms with van der Waals surface area (Å²) in [4.78, 5) is 0. The van der Waals surface area contributed by atoms with E-state index in [9.17, 15) is 5.11 Å². The van der Waals surface area contributed by atoms with Crippen molar-refractivity contribution in [3.8, 4) is 0 Å². The highest BCUT2D eigenvalue weighted by molar-refractivity contribution is 5.15. The maximum Gasteiger partial charge on any atom is 0.164 e. The second-order valence-corrected chi connectivity index (χ2v) is 9.42. The summed E-state index contributed by atoms with van der Waals surface area (Å²) in [7, 11) is 0. The van der Waals surface area contributed by atoms with E-state index in [0.717, 1.165) is 16.7 Å². The molecule has 5 rings (SSSR count). The minimum absolute atomic E-state index is 0.0102. The highest BCUT2D eigenvalue weighted by Gasteiger charge is 2.53. The molecule has 2 saturated heterocycles. The van der Waals surface area contributed by atoms with Crippen LogP contribution in [0.5, 0.6) is 0 Å². The normalized spacial score (nSPS) is 27.6. The van der Waals surface area contributed by atoms with Gasteiger partial charge in [-0.2, -0.15) is 0 Å². The molecule has 1 N–H and O–H groups in total. The molecule has 0 aromatic heterocycles. The second-order valence-electron chi connectivity index (χ2n) is 9.42. The van der Waals surface area contributed by atoms with Crippen molar-refractivity contribution in [1.82, 2.24) is 0 Å². The number of hydrogen-bond donors (Lipinski definition) is 1. The van der Waals surface area contributed by atoms with Crippen LogP contribution < -0.4 is 0 Å². The quantitative estimate of drug-likeness (QED) is 0.431. The lowest BCUT2D eigenvalue weighted by molar-refractivity contribution is -0.285. The van der Waals surface area contributed by atoms with Crippen LogP contribution in [0.4, 0.5) is 0 Å². The van der Waals surface area contributed by atoms with Crippen LogP contribution in [0.3, 0.4) is 0 Å². The van der Waals surface area contributed by atoms with Crippen LogP contribution in [0, 0.1) is 11.8 Å². The number of hydrogen-bond acceptors (Lipinski definition) is 6. The number of aliphatic hydroxyl groups is 1. The van der Waals surface area contributed by atoms with Gasteiger partial charge < -0.3 is 28.8 Å². The minimum Gasteiger partial charge on any atom is -0.396 e. The van der Waals surface area contributed by atoms with Crippen molar-refractivity contribution in [2.75, 3.05) is 19.8 Å². The Balaban J connectivity index is 1.35. The lowest BCUT2D eigenvalue weighted by atomic mass is 9.83. The van der Waals surface area contributed by atoms with Gasteiger partial charge in [0, 0.05) is 18.4 Å². The Morgan fingerprint density at radius 2 is 1.22 bits per heavy atom. The summed E-state index contributed by atoms with van der Waals surface area (Å²) < 4.78 is 31.5. The number of fused-ring (bicyclic) bond motifs is 1. The number of rotatable bonds is 11. The smallest absolute Gasteiger partial charge is 0.164 e. The Hall–Kier alpha value is -2.58. The highest BCUT2D eigenvalue weighted by Crippen LogP contribution is 2.41. The molecule has 3 aromatic carbocycles. The zero-order valence-corrected chi connectivity index (χ0v) is 20.4. The summed E-state index contributed by atoms with van der Waals surface area (Å²) in [6, 6.07) is 30.3. The van der Waals surface area contributed by atoms with Crippen LogP contribution in [0.1, 0.15) is 16.7 Å². The molecule has 190 valence electrons. The summed E-state index contributed by atoms with van der Waals surface area (Å²) in [6.45, 7) is 2.13. The van der Waals surface area contributed by atoms with Gasteiger partial charge in [-0.3, -0.25) is 0 Å². The molecule has 6 heteroatoms. The van der Waals surface area contributed by atoms with Gasteiger partial charge in [0.25, 0.3) is 0 Å². The van der Waals surface area contributed by atoms with Gasteiger partial charge in [0.1, 0.15) is 12.2 Å². The van der Waals surface area contributed by atoms with E-state index in [4.69, 9.17) is 23.7 Å². The molecule has 0 spiro atoms. The van der Waals surface area contributed by atoms with Crippen LogP contribution in [0.2, 0.25) is 0 Å².